The molecule has 1 heterocycles. The van der Waals surface area contributed by atoms with Gasteiger partial charge in [-0.2, -0.15) is 0 Å². The summed E-state index contributed by atoms with van der Waals surface area (Å²) in [5.74, 6) is 1.03. The number of imidazole rings is 1. The van der Waals surface area contributed by atoms with Gasteiger partial charge < -0.3 is 15.0 Å². The number of aryl methyl sites for hydroxylation is 1. The van der Waals surface area contributed by atoms with E-state index in [-0.39, 0.29) is 12.6 Å². The van der Waals surface area contributed by atoms with Crippen molar-refractivity contribution in [1.82, 2.24) is 14.9 Å². The second kappa shape index (κ2) is 5.78. The lowest BCUT2D eigenvalue weighted by atomic mass is 10.2. The second-order valence-electron chi connectivity index (χ2n) is 3.30. The van der Waals surface area contributed by atoms with Crippen molar-refractivity contribution in [3.63, 3.8) is 0 Å². The predicted molar refractivity (Wildman–Crippen MR) is 55.9 cm³/mol. The van der Waals surface area contributed by atoms with Gasteiger partial charge >= 0.3 is 0 Å². The number of rotatable bonds is 6. The first-order valence-corrected chi connectivity index (χ1v) is 5.16. The minimum Gasteiger partial charge on any atom is -0.395 e. The molecule has 80 valence electrons. The molecule has 1 rings (SSSR count). The van der Waals surface area contributed by atoms with Crippen molar-refractivity contribution in [2.45, 2.75) is 39.4 Å². The molecule has 0 amide bonds. The molecule has 1 aromatic heterocycles. The fourth-order valence-corrected chi connectivity index (χ4v) is 1.37. The summed E-state index contributed by atoms with van der Waals surface area (Å²) in [6.45, 7) is 5.99. The molecule has 0 saturated heterocycles. The average Bonchev–Trinajstić information content (AvgIpc) is 2.67. The Labute approximate surface area is 85.0 Å². The minimum atomic E-state index is 0.178. The lowest BCUT2D eigenvalue weighted by Gasteiger charge is -2.13. The molecule has 0 saturated carbocycles. The van der Waals surface area contributed by atoms with Gasteiger partial charge in [0, 0.05) is 25.0 Å². The molecule has 0 aliphatic rings. The van der Waals surface area contributed by atoms with Gasteiger partial charge in [0.05, 0.1) is 13.2 Å². The lowest BCUT2D eigenvalue weighted by molar-refractivity contribution is 0.237. The molecule has 1 atom stereocenters. The maximum Gasteiger partial charge on any atom is 0.122 e. The minimum absolute atomic E-state index is 0.178. The molecule has 4 nitrogen and oxygen atoms in total. The van der Waals surface area contributed by atoms with E-state index < -0.39 is 0 Å². The zero-order valence-electron chi connectivity index (χ0n) is 8.90. The van der Waals surface area contributed by atoms with Crippen LogP contribution in [-0.4, -0.2) is 27.3 Å². The molecule has 0 radical (unpaired) electrons. The van der Waals surface area contributed by atoms with Crippen LogP contribution in [0.1, 0.15) is 26.1 Å². The monoisotopic (exact) mass is 197 g/mol. The van der Waals surface area contributed by atoms with Crippen molar-refractivity contribution >= 4 is 0 Å². The number of aromatic nitrogens is 2. The fraction of sp³-hybridized carbons (Fsp3) is 0.700. The van der Waals surface area contributed by atoms with Crippen LogP contribution < -0.4 is 5.32 Å². The maximum atomic E-state index is 8.99. The van der Waals surface area contributed by atoms with Crippen molar-refractivity contribution in [1.29, 1.82) is 0 Å². The molecule has 0 bridgehead atoms. The molecule has 0 fully saturated rings. The summed E-state index contributed by atoms with van der Waals surface area (Å²) >= 11 is 0. The zero-order valence-corrected chi connectivity index (χ0v) is 8.90. The van der Waals surface area contributed by atoms with Gasteiger partial charge in [-0.25, -0.2) is 4.98 Å². The van der Waals surface area contributed by atoms with Gasteiger partial charge in [0.1, 0.15) is 5.82 Å². The van der Waals surface area contributed by atoms with E-state index >= 15 is 0 Å². The SMILES string of the molecule is CCC(CO)NCc1nccn1CC. The van der Waals surface area contributed by atoms with Crippen LogP contribution >= 0.6 is 0 Å². The van der Waals surface area contributed by atoms with Crippen molar-refractivity contribution in [3.8, 4) is 0 Å². The fourth-order valence-electron chi connectivity index (χ4n) is 1.37. The van der Waals surface area contributed by atoms with Crippen LogP contribution in [0.25, 0.3) is 0 Å². The molecule has 4 heteroatoms. The Kier molecular flexibility index (Phi) is 4.62. The Morgan fingerprint density at radius 3 is 2.93 bits per heavy atom. The smallest absolute Gasteiger partial charge is 0.122 e. The summed E-state index contributed by atoms with van der Waals surface area (Å²) in [6, 6.07) is 0.178. The third-order valence-corrected chi connectivity index (χ3v) is 2.40. The Bertz CT molecular complexity index is 256. The van der Waals surface area contributed by atoms with Crippen LogP contribution in [-0.2, 0) is 13.1 Å². The molecule has 0 spiro atoms. The molecule has 2 N–H and O–H groups in total. The number of aliphatic hydroxyl groups excluding tert-OH is 1. The van der Waals surface area contributed by atoms with Crippen molar-refractivity contribution in [2.75, 3.05) is 6.61 Å². The van der Waals surface area contributed by atoms with Crippen molar-refractivity contribution in [3.05, 3.63) is 18.2 Å². The summed E-state index contributed by atoms with van der Waals surface area (Å²) in [5.41, 5.74) is 0. The van der Waals surface area contributed by atoms with E-state index in [0.29, 0.717) is 0 Å². The van der Waals surface area contributed by atoms with Crippen LogP contribution in [0.15, 0.2) is 12.4 Å². The van der Waals surface area contributed by atoms with Gasteiger partial charge in [-0.1, -0.05) is 6.92 Å². The normalized spacial score (nSPS) is 13.1. The molecule has 0 aromatic carbocycles. The van der Waals surface area contributed by atoms with Crippen LogP contribution in [0.2, 0.25) is 0 Å². The second-order valence-corrected chi connectivity index (χ2v) is 3.30. The van der Waals surface area contributed by atoms with Gasteiger partial charge in [0.15, 0.2) is 0 Å². The average molecular weight is 197 g/mol. The summed E-state index contributed by atoms with van der Waals surface area (Å²) in [4.78, 5) is 4.25. The summed E-state index contributed by atoms with van der Waals surface area (Å²) in [6.07, 6.45) is 4.71. The molecular weight excluding hydrogens is 178 g/mol. The van der Waals surface area contributed by atoms with Crippen LogP contribution in [0.4, 0.5) is 0 Å². The van der Waals surface area contributed by atoms with Gasteiger partial charge in [0.25, 0.3) is 0 Å². The van der Waals surface area contributed by atoms with E-state index in [0.717, 1.165) is 25.3 Å². The first-order chi connectivity index (χ1) is 6.81. The third-order valence-electron chi connectivity index (χ3n) is 2.40. The molecule has 1 aromatic rings. The topological polar surface area (TPSA) is 50.1 Å². The number of hydrogen-bond donors (Lipinski definition) is 2. The molecule has 1 unspecified atom stereocenters. The van der Waals surface area contributed by atoms with Crippen LogP contribution in [0.5, 0.6) is 0 Å². The number of nitrogens with zero attached hydrogens (tertiary/aromatic N) is 2. The summed E-state index contributed by atoms with van der Waals surface area (Å²) in [5, 5.41) is 12.3. The van der Waals surface area contributed by atoms with E-state index in [1.54, 1.807) is 6.20 Å². The van der Waals surface area contributed by atoms with E-state index in [1.807, 2.05) is 6.20 Å². The van der Waals surface area contributed by atoms with Crippen LogP contribution in [0, 0.1) is 0 Å². The Morgan fingerprint density at radius 1 is 1.57 bits per heavy atom. The van der Waals surface area contributed by atoms with E-state index in [9.17, 15) is 0 Å². The first kappa shape index (κ1) is 11.2. The molecule has 0 aliphatic carbocycles. The maximum absolute atomic E-state index is 8.99. The number of nitrogens with one attached hydrogen (secondary N) is 1. The van der Waals surface area contributed by atoms with Gasteiger partial charge in [0.2, 0.25) is 0 Å². The van der Waals surface area contributed by atoms with Gasteiger partial charge in [-0.15, -0.1) is 0 Å². The zero-order chi connectivity index (χ0) is 10.4. The Balaban J connectivity index is 2.44. The Morgan fingerprint density at radius 2 is 2.36 bits per heavy atom. The first-order valence-electron chi connectivity index (χ1n) is 5.16. The van der Waals surface area contributed by atoms with Crippen molar-refractivity contribution < 1.29 is 5.11 Å². The van der Waals surface area contributed by atoms with Crippen LogP contribution in [0.3, 0.4) is 0 Å². The van der Waals surface area contributed by atoms with E-state index in [1.165, 1.54) is 0 Å². The number of aliphatic hydroxyl groups is 1. The predicted octanol–water partition coefficient (Wildman–Crippen LogP) is 0.763. The molecule has 0 aliphatic heterocycles. The standard InChI is InChI=1S/C10H19N3O/c1-3-9(8-14)12-7-10-11-5-6-13(10)4-2/h5-6,9,12,14H,3-4,7-8H2,1-2H3. The number of hydrogen-bond acceptors (Lipinski definition) is 3. The molecular formula is C10H19N3O. The third kappa shape index (κ3) is 2.82. The largest absolute Gasteiger partial charge is 0.395 e. The van der Waals surface area contributed by atoms with Gasteiger partial charge in [-0.05, 0) is 13.3 Å². The van der Waals surface area contributed by atoms with Crippen molar-refractivity contribution in [2.24, 2.45) is 0 Å². The summed E-state index contributed by atoms with van der Waals surface area (Å²) in [7, 11) is 0. The van der Waals surface area contributed by atoms with Gasteiger partial charge in [-0.3, -0.25) is 0 Å². The van der Waals surface area contributed by atoms with E-state index in [4.69, 9.17) is 5.11 Å². The highest BCUT2D eigenvalue weighted by Gasteiger charge is 2.05. The lowest BCUT2D eigenvalue weighted by Crippen LogP contribution is -2.32. The Hall–Kier alpha value is -0.870. The highest BCUT2D eigenvalue weighted by molar-refractivity contribution is 4.92. The van der Waals surface area contributed by atoms with E-state index in [2.05, 4.69) is 28.7 Å². The quantitative estimate of drug-likeness (QED) is 0.708. The highest BCUT2D eigenvalue weighted by Crippen LogP contribution is 1.98. The highest BCUT2D eigenvalue weighted by atomic mass is 16.3. The summed E-state index contributed by atoms with van der Waals surface area (Å²) < 4.78 is 2.09. The molecule has 14 heavy (non-hydrogen) atoms.